The molecule has 5 nitrogen and oxygen atoms in total. The maximum absolute atomic E-state index is 11.8. The van der Waals surface area contributed by atoms with E-state index < -0.39 is 0 Å². The molecule has 1 aliphatic heterocycles. The van der Waals surface area contributed by atoms with Gasteiger partial charge in [-0.1, -0.05) is 16.8 Å². The molecule has 1 heterocycles. The van der Waals surface area contributed by atoms with Gasteiger partial charge >= 0.3 is 0 Å². The fourth-order valence-electron chi connectivity index (χ4n) is 1.86. The molecule has 0 bridgehead atoms. The number of hydrogen-bond acceptors (Lipinski definition) is 3. The fourth-order valence-corrected chi connectivity index (χ4v) is 1.98. The first-order valence-corrected chi connectivity index (χ1v) is 5.53. The molecule has 6 heteroatoms. The summed E-state index contributed by atoms with van der Waals surface area (Å²) in [6.07, 6.45) is 0.262. The number of benzene rings is 1. The Morgan fingerprint density at radius 3 is 2.71 bits per heavy atom. The van der Waals surface area contributed by atoms with Crippen LogP contribution in [0.3, 0.4) is 0 Å². The standard InChI is InChI=1S/C11H12ClN3O2/c12-8-1-3-9(4-2-8)15-6-7(5-10(15)16)11(13)14-17/h1-4,7,17H,5-6H2,(H2,13,14)/t7-/m1/s1. The van der Waals surface area contributed by atoms with E-state index in [1.165, 1.54) is 0 Å². The Labute approximate surface area is 103 Å². The summed E-state index contributed by atoms with van der Waals surface area (Å²) in [7, 11) is 0. The van der Waals surface area contributed by atoms with Crippen molar-refractivity contribution in [3.63, 3.8) is 0 Å². The first kappa shape index (κ1) is 11.7. The normalized spacial score (nSPS) is 21.0. The van der Waals surface area contributed by atoms with Crippen molar-refractivity contribution in [1.82, 2.24) is 0 Å². The van der Waals surface area contributed by atoms with Gasteiger partial charge in [-0.25, -0.2) is 0 Å². The Morgan fingerprint density at radius 1 is 1.47 bits per heavy atom. The average molecular weight is 254 g/mol. The predicted octanol–water partition coefficient (Wildman–Crippen LogP) is 1.44. The summed E-state index contributed by atoms with van der Waals surface area (Å²) < 4.78 is 0. The van der Waals surface area contributed by atoms with E-state index >= 15 is 0 Å². The van der Waals surface area contributed by atoms with Crippen LogP contribution in [-0.4, -0.2) is 23.5 Å². The van der Waals surface area contributed by atoms with Gasteiger partial charge in [0.1, 0.15) is 5.84 Å². The van der Waals surface area contributed by atoms with Crippen LogP contribution in [-0.2, 0) is 4.79 Å². The van der Waals surface area contributed by atoms with Gasteiger partial charge in [0.15, 0.2) is 0 Å². The molecule has 1 saturated heterocycles. The van der Waals surface area contributed by atoms with Crippen molar-refractivity contribution < 1.29 is 10.0 Å². The molecule has 0 aliphatic carbocycles. The molecule has 1 fully saturated rings. The van der Waals surface area contributed by atoms with Crippen LogP contribution in [0.5, 0.6) is 0 Å². The summed E-state index contributed by atoms with van der Waals surface area (Å²) in [6.45, 7) is 0.427. The summed E-state index contributed by atoms with van der Waals surface area (Å²) >= 11 is 5.78. The van der Waals surface area contributed by atoms with E-state index in [-0.39, 0.29) is 24.1 Å². The van der Waals surface area contributed by atoms with Crippen LogP contribution in [0.2, 0.25) is 5.02 Å². The van der Waals surface area contributed by atoms with Gasteiger partial charge in [-0.2, -0.15) is 0 Å². The second-order valence-corrected chi connectivity index (χ2v) is 4.34. The number of hydrogen-bond donors (Lipinski definition) is 2. The Bertz CT molecular complexity index is 458. The van der Waals surface area contributed by atoms with E-state index in [1.54, 1.807) is 29.2 Å². The number of halogens is 1. The minimum Gasteiger partial charge on any atom is -0.409 e. The molecule has 0 saturated carbocycles. The third kappa shape index (κ3) is 2.34. The van der Waals surface area contributed by atoms with E-state index in [2.05, 4.69) is 5.16 Å². The van der Waals surface area contributed by atoms with Crippen molar-refractivity contribution in [2.45, 2.75) is 6.42 Å². The highest BCUT2D eigenvalue weighted by atomic mass is 35.5. The molecular formula is C11H12ClN3O2. The molecule has 0 unspecified atom stereocenters. The van der Waals surface area contributed by atoms with E-state index in [0.717, 1.165) is 5.69 Å². The topological polar surface area (TPSA) is 78.9 Å². The smallest absolute Gasteiger partial charge is 0.227 e. The monoisotopic (exact) mass is 253 g/mol. The van der Waals surface area contributed by atoms with Crippen LogP contribution in [0.1, 0.15) is 6.42 Å². The van der Waals surface area contributed by atoms with Crippen LogP contribution in [0.4, 0.5) is 5.69 Å². The lowest BCUT2D eigenvalue weighted by molar-refractivity contribution is -0.117. The van der Waals surface area contributed by atoms with Crippen LogP contribution in [0, 0.1) is 5.92 Å². The zero-order valence-corrected chi connectivity index (χ0v) is 9.76. The predicted molar refractivity (Wildman–Crippen MR) is 65.3 cm³/mol. The molecule has 1 aromatic carbocycles. The number of rotatable bonds is 2. The van der Waals surface area contributed by atoms with E-state index in [0.29, 0.717) is 11.6 Å². The van der Waals surface area contributed by atoms with Crippen molar-refractivity contribution >= 4 is 29.0 Å². The lowest BCUT2D eigenvalue weighted by Gasteiger charge is -2.16. The van der Waals surface area contributed by atoms with Gasteiger partial charge in [0.2, 0.25) is 5.91 Å². The highest BCUT2D eigenvalue weighted by molar-refractivity contribution is 6.30. The maximum Gasteiger partial charge on any atom is 0.227 e. The minimum atomic E-state index is -0.233. The molecular weight excluding hydrogens is 242 g/mol. The van der Waals surface area contributed by atoms with Gasteiger partial charge < -0.3 is 15.8 Å². The van der Waals surface area contributed by atoms with Crippen LogP contribution >= 0.6 is 11.6 Å². The molecule has 2 rings (SSSR count). The van der Waals surface area contributed by atoms with Gasteiger partial charge in [-0.3, -0.25) is 4.79 Å². The Balaban J connectivity index is 2.18. The number of carbonyl (C=O) groups excluding carboxylic acids is 1. The molecule has 1 atom stereocenters. The van der Waals surface area contributed by atoms with Crippen molar-refractivity contribution in [2.75, 3.05) is 11.4 Å². The second kappa shape index (κ2) is 4.63. The molecule has 0 aromatic heterocycles. The molecule has 0 spiro atoms. The third-order valence-corrected chi connectivity index (χ3v) is 3.05. The lowest BCUT2D eigenvalue weighted by Crippen LogP contribution is -2.28. The number of amides is 1. The molecule has 3 N–H and O–H groups in total. The zero-order valence-electron chi connectivity index (χ0n) is 9.01. The number of oxime groups is 1. The fraction of sp³-hybridized carbons (Fsp3) is 0.273. The van der Waals surface area contributed by atoms with Gasteiger partial charge in [0, 0.05) is 29.6 Å². The number of nitrogens with zero attached hydrogens (tertiary/aromatic N) is 2. The van der Waals surface area contributed by atoms with E-state index in [1.807, 2.05) is 0 Å². The Kier molecular flexibility index (Phi) is 3.19. The zero-order chi connectivity index (χ0) is 12.4. The molecule has 1 amide bonds. The number of amidine groups is 1. The van der Waals surface area contributed by atoms with Crippen molar-refractivity contribution in [1.29, 1.82) is 0 Å². The van der Waals surface area contributed by atoms with Crippen LogP contribution in [0.15, 0.2) is 29.4 Å². The first-order chi connectivity index (χ1) is 8.11. The van der Waals surface area contributed by atoms with Gasteiger partial charge in [0.05, 0.1) is 0 Å². The van der Waals surface area contributed by atoms with E-state index in [4.69, 9.17) is 22.5 Å². The summed E-state index contributed by atoms with van der Waals surface area (Å²) in [5, 5.41) is 12.2. The van der Waals surface area contributed by atoms with Crippen molar-refractivity contribution in [3.05, 3.63) is 29.3 Å². The molecule has 1 aliphatic rings. The Hall–Kier alpha value is -1.75. The first-order valence-electron chi connectivity index (χ1n) is 5.15. The van der Waals surface area contributed by atoms with Gasteiger partial charge in [-0.15, -0.1) is 0 Å². The molecule has 17 heavy (non-hydrogen) atoms. The average Bonchev–Trinajstić information content (AvgIpc) is 2.71. The lowest BCUT2D eigenvalue weighted by atomic mass is 10.1. The SMILES string of the molecule is N/C(=N/O)[C@@H]1CC(=O)N(c2ccc(Cl)cc2)C1. The molecule has 90 valence electrons. The summed E-state index contributed by atoms with van der Waals surface area (Å²) in [4.78, 5) is 13.4. The highest BCUT2D eigenvalue weighted by Gasteiger charge is 2.33. The van der Waals surface area contributed by atoms with Gasteiger partial charge in [0.25, 0.3) is 0 Å². The number of nitrogens with two attached hydrogens (primary N) is 1. The number of carbonyl (C=O) groups is 1. The minimum absolute atomic E-state index is 0.0380. The summed E-state index contributed by atoms with van der Waals surface area (Å²) in [5.74, 6) is -0.179. The molecule has 0 radical (unpaired) electrons. The third-order valence-electron chi connectivity index (χ3n) is 2.80. The largest absolute Gasteiger partial charge is 0.409 e. The van der Waals surface area contributed by atoms with Crippen molar-refractivity contribution in [2.24, 2.45) is 16.8 Å². The maximum atomic E-state index is 11.8. The summed E-state index contributed by atoms with van der Waals surface area (Å²) in [5.41, 5.74) is 6.28. The summed E-state index contributed by atoms with van der Waals surface area (Å²) in [6, 6.07) is 6.99. The number of anilines is 1. The molecule has 1 aromatic rings. The quantitative estimate of drug-likeness (QED) is 0.362. The second-order valence-electron chi connectivity index (χ2n) is 3.91. The Morgan fingerprint density at radius 2 is 2.12 bits per heavy atom. The van der Waals surface area contributed by atoms with Crippen LogP contribution < -0.4 is 10.6 Å². The van der Waals surface area contributed by atoms with Crippen molar-refractivity contribution in [3.8, 4) is 0 Å². The van der Waals surface area contributed by atoms with Crippen LogP contribution in [0.25, 0.3) is 0 Å². The highest BCUT2D eigenvalue weighted by Crippen LogP contribution is 2.26. The van der Waals surface area contributed by atoms with Gasteiger partial charge in [-0.05, 0) is 24.3 Å². The van der Waals surface area contributed by atoms with E-state index in [9.17, 15) is 4.79 Å².